The molecule has 0 fully saturated rings. The summed E-state index contributed by atoms with van der Waals surface area (Å²) in [5.41, 5.74) is 0. The molecule has 0 radical (unpaired) electrons. The first-order valence-corrected chi connectivity index (χ1v) is 23.3. The fraction of sp³-hybridized carbons (Fsp3) is 0.740. The Morgan fingerprint density at radius 2 is 0.696 bits per heavy atom. The highest BCUT2D eigenvalue weighted by atomic mass is 16.6. The molecule has 0 aromatic carbocycles. The largest absolute Gasteiger partial charge is 0.462 e. The number of hydrogen-bond donors (Lipinski definition) is 0. The van der Waals surface area contributed by atoms with Crippen LogP contribution in [-0.2, 0) is 28.6 Å². The summed E-state index contributed by atoms with van der Waals surface area (Å²) in [4.78, 5) is 37.7. The number of carbonyl (C=O) groups excluding carboxylic acids is 3. The van der Waals surface area contributed by atoms with Gasteiger partial charge in [-0.2, -0.15) is 0 Å². The second-order valence-electron chi connectivity index (χ2n) is 15.3. The van der Waals surface area contributed by atoms with Crippen LogP contribution < -0.4 is 0 Å². The molecule has 0 aliphatic heterocycles. The zero-order valence-corrected chi connectivity index (χ0v) is 36.6. The fourth-order valence-corrected chi connectivity index (χ4v) is 6.29. The lowest BCUT2D eigenvalue weighted by molar-refractivity contribution is -0.167. The van der Waals surface area contributed by atoms with Gasteiger partial charge in [-0.1, -0.05) is 197 Å². The van der Waals surface area contributed by atoms with Crippen molar-refractivity contribution in [2.45, 2.75) is 226 Å². The van der Waals surface area contributed by atoms with Crippen molar-refractivity contribution >= 4 is 17.9 Å². The molecule has 0 aliphatic carbocycles. The van der Waals surface area contributed by atoms with Gasteiger partial charge in [-0.3, -0.25) is 14.4 Å². The Balaban J connectivity index is 4.36. The van der Waals surface area contributed by atoms with E-state index in [2.05, 4.69) is 81.5 Å². The maximum Gasteiger partial charge on any atom is 0.306 e. The maximum atomic E-state index is 12.7. The SMILES string of the molecule is CC/C=C\C/C=C\C/C=C\C/C=C\C/C=C\CCCCCC(=O)OC[C@@H](COC(=O)CCCCCCCCCCC)OC(=O)CCCCCCCCCCCC. The average Bonchev–Trinajstić information content (AvgIpc) is 3.19. The summed E-state index contributed by atoms with van der Waals surface area (Å²) in [6.07, 6.45) is 53.5. The zero-order valence-electron chi connectivity index (χ0n) is 36.6. The van der Waals surface area contributed by atoms with Gasteiger partial charge >= 0.3 is 17.9 Å². The van der Waals surface area contributed by atoms with Crippen LogP contribution in [0.25, 0.3) is 0 Å². The molecule has 0 aromatic heterocycles. The summed E-state index contributed by atoms with van der Waals surface area (Å²) < 4.78 is 16.7. The monoisotopic (exact) mass is 783 g/mol. The average molecular weight is 783 g/mol. The molecule has 0 aromatic rings. The number of esters is 3. The highest BCUT2D eigenvalue weighted by Crippen LogP contribution is 2.14. The number of rotatable bonds is 41. The van der Waals surface area contributed by atoms with Crippen molar-refractivity contribution in [3.63, 3.8) is 0 Å². The van der Waals surface area contributed by atoms with E-state index in [0.29, 0.717) is 19.3 Å². The Morgan fingerprint density at radius 1 is 0.375 bits per heavy atom. The van der Waals surface area contributed by atoms with E-state index in [1.165, 1.54) is 83.5 Å². The van der Waals surface area contributed by atoms with Crippen molar-refractivity contribution in [3.8, 4) is 0 Å². The van der Waals surface area contributed by atoms with Gasteiger partial charge in [0.05, 0.1) is 0 Å². The predicted octanol–water partition coefficient (Wildman–Crippen LogP) is 14.9. The first kappa shape index (κ1) is 53.1. The normalized spacial score (nSPS) is 12.6. The molecule has 0 N–H and O–H groups in total. The molecular formula is C50H86O6. The van der Waals surface area contributed by atoms with Crippen molar-refractivity contribution in [2.75, 3.05) is 13.2 Å². The van der Waals surface area contributed by atoms with Crippen molar-refractivity contribution in [2.24, 2.45) is 0 Å². The molecular weight excluding hydrogens is 697 g/mol. The summed E-state index contributed by atoms with van der Waals surface area (Å²) in [6.45, 7) is 6.45. The molecule has 0 aliphatic rings. The Kier molecular flexibility index (Phi) is 42.5. The van der Waals surface area contributed by atoms with Gasteiger partial charge in [-0.05, 0) is 64.2 Å². The number of hydrogen-bond acceptors (Lipinski definition) is 6. The molecule has 0 amide bonds. The quantitative estimate of drug-likeness (QED) is 0.0266. The van der Waals surface area contributed by atoms with Crippen molar-refractivity contribution in [1.82, 2.24) is 0 Å². The molecule has 0 unspecified atom stereocenters. The molecule has 6 nitrogen and oxygen atoms in total. The highest BCUT2D eigenvalue weighted by molar-refractivity contribution is 5.71. The van der Waals surface area contributed by atoms with Crippen LogP contribution in [0.5, 0.6) is 0 Å². The van der Waals surface area contributed by atoms with Crippen molar-refractivity contribution in [3.05, 3.63) is 60.8 Å². The number of allylic oxidation sites excluding steroid dienone is 10. The Hall–Kier alpha value is -2.89. The summed E-state index contributed by atoms with van der Waals surface area (Å²) in [5, 5.41) is 0. The van der Waals surface area contributed by atoms with Gasteiger partial charge < -0.3 is 14.2 Å². The van der Waals surface area contributed by atoms with Crippen molar-refractivity contribution < 1.29 is 28.6 Å². The highest BCUT2D eigenvalue weighted by Gasteiger charge is 2.19. The summed E-state index contributed by atoms with van der Waals surface area (Å²) in [7, 11) is 0. The lowest BCUT2D eigenvalue weighted by Gasteiger charge is -2.18. The molecule has 0 saturated carbocycles. The number of unbranched alkanes of at least 4 members (excludes halogenated alkanes) is 20. The van der Waals surface area contributed by atoms with Gasteiger partial charge in [-0.15, -0.1) is 0 Å². The molecule has 0 saturated heterocycles. The summed E-state index contributed by atoms with van der Waals surface area (Å²) in [6, 6.07) is 0. The van der Waals surface area contributed by atoms with Gasteiger partial charge in [0.25, 0.3) is 0 Å². The Bertz CT molecular complexity index is 1040. The first-order chi connectivity index (χ1) is 27.5. The maximum absolute atomic E-state index is 12.7. The van der Waals surface area contributed by atoms with Crippen molar-refractivity contribution in [1.29, 1.82) is 0 Å². The zero-order chi connectivity index (χ0) is 40.8. The lowest BCUT2D eigenvalue weighted by atomic mass is 10.1. The van der Waals surface area contributed by atoms with Gasteiger partial charge in [0, 0.05) is 19.3 Å². The van der Waals surface area contributed by atoms with Crippen LogP contribution in [-0.4, -0.2) is 37.2 Å². The molecule has 6 heteroatoms. The standard InChI is InChI=1S/C50H86O6/c1-4-7-10-13-16-19-21-22-23-24-25-26-27-28-29-32-34-37-40-43-49(52)55-46-47(45-54-48(51)42-39-36-33-30-18-15-12-9-6-3)56-50(53)44-41-38-35-31-20-17-14-11-8-5-2/h7,10,16,19,22-23,25-26,28-29,47H,4-6,8-9,11-15,17-18,20-21,24,27,30-46H2,1-3H3/b10-7-,19-16-,23-22-,26-25-,29-28-/t47-/m1/s1. The molecule has 56 heavy (non-hydrogen) atoms. The van der Waals surface area contributed by atoms with Gasteiger partial charge in [0.15, 0.2) is 6.10 Å². The van der Waals surface area contributed by atoms with Gasteiger partial charge in [0.2, 0.25) is 0 Å². The first-order valence-electron chi connectivity index (χ1n) is 23.3. The van der Waals surface area contributed by atoms with Crippen LogP contribution in [0, 0.1) is 0 Å². The van der Waals surface area contributed by atoms with E-state index in [-0.39, 0.29) is 31.1 Å². The number of ether oxygens (including phenoxy) is 3. The van der Waals surface area contributed by atoms with Crippen LogP contribution in [0.1, 0.15) is 220 Å². The third-order valence-electron chi connectivity index (χ3n) is 9.79. The Labute approximate surface area is 345 Å². The van der Waals surface area contributed by atoms with Crippen LogP contribution in [0.15, 0.2) is 60.8 Å². The molecule has 0 spiro atoms. The lowest BCUT2D eigenvalue weighted by Crippen LogP contribution is -2.30. The van der Waals surface area contributed by atoms with Crippen LogP contribution in [0.3, 0.4) is 0 Å². The van der Waals surface area contributed by atoms with Crippen LogP contribution in [0.2, 0.25) is 0 Å². The topological polar surface area (TPSA) is 78.9 Å². The van der Waals surface area contributed by atoms with Crippen LogP contribution in [0.4, 0.5) is 0 Å². The summed E-state index contributed by atoms with van der Waals surface area (Å²) in [5.74, 6) is -0.921. The minimum absolute atomic E-state index is 0.0828. The minimum Gasteiger partial charge on any atom is -0.462 e. The minimum atomic E-state index is -0.781. The molecule has 1 atom stereocenters. The van der Waals surface area contributed by atoms with E-state index >= 15 is 0 Å². The molecule has 0 bridgehead atoms. The van der Waals surface area contributed by atoms with Gasteiger partial charge in [0.1, 0.15) is 13.2 Å². The predicted molar refractivity (Wildman–Crippen MR) is 238 cm³/mol. The van der Waals surface area contributed by atoms with E-state index in [9.17, 15) is 14.4 Å². The molecule has 0 heterocycles. The number of carbonyl (C=O) groups is 3. The second-order valence-corrected chi connectivity index (χ2v) is 15.3. The fourth-order valence-electron chi connectivity index (χ4n) is 6.29. The van der Waals surface area contributed by atoms with E-state index in [1.54, 1.807) is 0 Å². The van der Waals surface area contributed by atoms with E-state index in [1.807, 2.05) is 0 Å². The molecule has 322 valence electrons. The Morgan fingerprint density at radius 3 is 1.09 bits per heavy atom. The third kappa shape index (κ3) is 42.3. The van der Waals surface area contributed by atoms with E-state index in [4.69, 9.17) is 14.2 Å². The third-order valence-corrected chi connectivity index (χ3v) is 9.79. The molecule has 0 rings (SSSR count). The van der Waals surface area contributed by atoms with Gasteiger partial charge in [-0.25, -0.2) is 0 Å². The summed E-state index contributed by atoms with van der Waals surface area (Å²) >= 11 is 0. The second kappa shape index (κ2) is 44.8. The van der Waals surface area contributed by atoms with E-state index < -0.39 is 6.10 Å². The van der Waals surface area contributed by atoms with Crippen LogP contribution >= 0.6 is 0 Å². The smallest absolute Gasteiger partial charge is 0.306 e. The van der Waals surface area contributed by atoms with E-state index in [0.717, 1.165) is 96.3 Å².